The quantitative estimate of drug-likeness (QED) is 0.0383. The van der Waals surface area contributed by atoms with Crippen molar-refractivity contribution in [3.05, 3.63) is 35.9 Å². The number of rotatable bonds is 28. The number of hydrogen-bond donors (Lipinski definition) is 6. The summed E-state index contributed by atoms with van der Waals surface area (Å²) in [6.45, 7) is 16.8. The van der Waals surface area contributed by atoms with E-state index in [9.17, 15) is 47.9 Å². The Hall–Kier alpha value is -6.60. The molecule has 1 heterocycles. The number of hydrogen-bond acceptors (Lipinski definition) is 13. The van der Waals surface area contributed by atoms with E-state index in [0.29, 0.717) is 25.8 Å². The third-order valence-corrected chi connectivity index (χ3v) is 13.7. The molecule has 1 unspecified atom stereocenters. The van der Waals surface area contributed by atoms with Gasteiger partial charge in [0.15, 0.2) is 6.17 Å². The Morgan fingerprint density at radius 1 is 0.733 bits per heavy atom. The van der Waals surface area contributed by atoms with Crippen molar-refractivity contribution in [3.63, 3.8) is 0 Å². The van der Waals surface area contributed by atoms with Crippen LogP contribution in [0.3, 0.4) is 0 Å². The van der Waals surface area contributed by atoms with Crippen LogP contribution in [0.15, 0.2) is 30.3 Å². The highest BCUT2D eigenvalue weighted by atomic mass is 16.5. The number of carbonyl (C=O) groups is 10. The maximum Gasteiger partial charge on any atom is 0.328 e. The predicted octanol–water partition coefficient (Wildman–Crippen LogP) is 0.652. The highest BCUT2D eigenvalue weighted by molar-refractivity contribution is 5.99. The number of carbonyl (C=O) groups excluding carboxylic acids is 10. The third-order valence-electron chi connectivity index (χ3n) is 13.7. The van der Waals surface area contributed by atoms with Crippen LogP contribution in [0.2, 0.25) is 0 Å². The summed E-state index contributed by atoms with van der Waals surface area (Å²) in [5.74, 6) is -6.62. The van der Waals surface area contributed by atoms with Crippen molar-refractivity contribution in [3.8, 4) is 12.3 Å². The van der Waals surface area contributed by atoms with Crippen molar-refractivity contribution in [2.75, 3.05) is 42.0 Å². The van der Waals surface area contributed by atoms with Gasteiger partial charge in [0.2, 0.25) is 41.4 Å². The molecule has 1 aromatic rings. The Kier molecular flexibility index (Phi) is 26.4. The molecule has 418 valence electrons. The summed E-state index contributed by atoms with van der Waals surface area (Å²) in [6.07, 6.45) is 3.83. The average molecular weight is 1050 g/mol. The first-order valence-corrected chi connectivity index (χ1v) is 25.5. The maximum absolute atomic E-state index is 14.7. The Bertz CT molecular complexity index is 2190. The molecule has 1 aliphatic rings. The highest BCUT2D eigenvalue weighted by Gasteiger charge is 2.44. The van der Waals surface area contributed by atoms with Crippen LogP contribution in [0.4, 0.5) is 0 Å². The van der Waals surface area contributed by atoms with Crippen LogP contribution < -0.4 is 31.9 Å². The molecule has 22 heteroatoms. The lowest BCUT2D eigenvalue weighted by Gasteiger charge is -2.41. The number of likely N-dealkylation sites (tertiary alicyclic amines) is 1. The van der Waals surface area contributed by atoms with Gasteiger partial charge in [-0.1, -0.05) is 85.2 Å². The van der Waals surface area contributed by atoms with Crippen LogP contribution in [0.25, 0.3) is 0 Å². The first kappa shape index (κ1) is 64.5. The zero-order valence-corrected chi connectivity index (χ0v) is 46.4. The van der Waals surface area contributed by atoms with Gasteiger partial charge in [0.1, 0.15) is 30.2 Å². The molecule has 1 saturated heterocycles. The highest BCUT2D eigenvalue weighted by Crippen LogP contribution is 2.30. The van der Waals surface area contributed by atoms with Crippen molar-refractivity contribution in [1.29, 1.82) is 0 Å². The lowest BCUT2D eigenvalue weighted by molar-refractivity contribution is -0.149. The van der Waals surface area contributed by atoms with Gasteiger partial charge in [0, 0.05) is 48.2 Å². The van der Waals surface area contributed by atoms with Crippen LogP contribution in [-0.4, -0.2) is 176 Å². The number of methoxy groups -OCH3 is 3. The lowest BCUT2D eigenvalue weighted by Crippen LogP contribution is -2.62. The van der Waals surface area contributed by atoms with Gasteiger partial charge in [-0.05, 0) is 55.9 Å². The van der Waals surface area contributed by atoms with Gasteiger partial charge in [0.25, 0.3) is 11.8 Å². The van der Waals surface area contributed by atoms with E-state index in [4.69, 9.17) is 20.6 Å². The van der Waals surface area contributed by atoms with E-state index in [0.717, 1.165) is 12.5 Å². The van der Waals surface area contributed by atoms with Crippen molar-refractivity contribution in [2.24, 2.45) is 23.7 Å². The number of likely N-dealkylation sites (N-methyl/N-ethyl adjacent to an activating group) is 2. The van der Waals surface area contributed by atoms with Crippen molar-refractivity contribution >= 4 is 59.1 Å². The number of nitrogens with one attached hydrogen (secondary N) is 6. The Morgan fingerprint density at radius 3 is 1.87 bits per heavy atom. The molecular formula is C53H83N9O13. The molecule has 0 saturated carbocycles. The summed E-state index contributed by atoms with van der Waals surface area (Å²) in [7, 11) is 7.21. The van der Waals surface area contributed by atoms with E-state index < -0.39 is 132 Å². The Morgan fingerprint density at radius 2 is 1.35 bits per heavy atom. The molecule has 0 bridgehead atoms. The minimum absolute atomic E-state index is 0.124. The molecule has 0 aromatic heterocycles. The molecule has 0 spiro atoms. The first-order valence-electron chi connectivity index (χ1n) is 25.5. The molecule has 0 aliphatic carbocycles. The van der Waals surface area contributed by atoms with Crippen LogP contribution in [-0.2, 0) is 68.6 Å². The summed E-state index contributed by atoms with van der Waals surface area (Å²) >= 11 is 0. The van der Waals surface area contributed by atoms with Gasteiger partial charge >= 0.3 is 5.97 Å². The zero-order valence-electron chi connectivity index (χ0n) is 46.4. The molecule has 22 nitrogen and oxygen atoms in total. The number of ether oxygens (including phenoxy) is 3. The summed E-state index contributed by atoms with van der Waals surface area (Å²) in [6, 6.07) is 2.44. The fourth-order valence-corrected chi connectivity index (χ4v) is 9.44. The molecule has 1 fully saturated rings. The zero-order chi connectivity index (χ0) is 57.0. The van der Waals surface area contributed by atoms with Crippen molar-refractivity contribution in [1.82, 2.24) is 46.6 Å². The summed E-state index contributed by atoms with van der Waals surface area (Å²) in [5.41, 5.74) is 0.831. The van der Waals surface area contributed by atoms with Crippen LogP contribution >= 0.6 is 0 Å². The van der Waals surface area contributed by atoms with Gasteiger partial charge in [-0.25, -0.2) is 4.79 Å². The SMILES string of the molecule is C#CC(=O)NC(NC(C)=O)C(=O)N[C@@H](C)C(=O)N[C@@H](C)C(=O)N(C)[C@@H](C(=O)N[C@H](C(=O)N(C)[C@@H]([C@@H](C)CC)[C@@H](CC(=O)N1CCC[C@H]1[C@H](OC)[C@@H](C)C(=O)N[C@@H](Cc1ccccc1)C(=O)OC)OC)C(C)C)C(C)C. The monoisotopic (exact) mass is 1050 g/mol. The number of esters is 1. The molecule has 6 N–H and O–H groups in total. The summed E-state index contributed by atoms with van der Waals surface area (Å²) in [5, 5.41) is 14.9. The van der Waals surface area contributed by atoms with E-state index in [-0.39, 0.29) is 24.7 Å². The second kappa shape index (κ2) is 30.7. The van der Waals surface area contributed by atoms with E-state index in [1.54, 1.807) is 52.5 Å². The summed E-state index contributed by atoms with van der Waals surface area (Å²) in [4.78, 5) is 138. The fraction of sp³-hybridized carbons (Fsp3) is 0.660. The van der Waals surface area contributed by atoms with Crippen molar-refractivity contribution < 1.29 is 62.2 Å². The second-order valence-corrected chi connectivity index (χ2v) is 19.9. The van der Waals surface area contributed by atoms with E-state index in [1.165, 1.54) is 52.0 Å². The van der Waals surface area contributed by atoms with Gasteiger partial charge in [-0.15, -0.1) is 6.42 Å². The standard InChI is InChI=1S/C53H83N9O13/c1-17-31(7)44(39(73-14)28-41(65)62-26-22-25-38(62)45(74-15)32(8)47(66)57-37(53(72)75-16)27-36-23-20-19-21-24-36)61(13)52(71)42(29(3)4)59-49(68)43(30(5)6)60(12)51(70)34(10)55-48(67)33(9)54-50(69)46(56-35(11)63)58-40(64)18-2/h2,19-21,23-24,29-34,37-39,42-46H,17,22,25-28H2,1,3-16H3,(H,54,69)(H,55,67)(H,56,63)(H,57,66)(H,58,64)(H,59,68)/t31-,32+,33-,34-,37-,38-,39+,42-,43+,44-,45+,46?/m0/s1. The number of nitrogens with zero attached hydrogens (tertiary/aromatic N) is 3. The average Bonchev–Trinajstić information content (AvgIpc) is 3.86. The van der Waals surface area contributed by atoms with E-state index in [1.807, 2.05) is 44.2 Å². The smallest absolute Gasteiger partial charge is 0.328 e. The number of amides is 9. The molecule has 75 heavy (non-hydrogen) atoms. The Balaban J connectivity index is 2.28. The van der Waals surface area contributed by atoms with Crippen molar-refractivity contribution in [2.45, 2.75) is 162 Å². The van der Waals surface area contributed by atoms with E-state index >= 15 is 0 Å². The molecule has 1 aliphatic heterocycles. The normalized spacial score (nSPS) is 17.7. The topological polar surface area (TPSA) is 280 Å². The molecule has 9 amide bonds. The number of benzene rings is 1. The fourth-order valence-electron chi connectivity index (χ4n) is 9.44. The second-order valence-electron chi connectivity index (χ2n) is 19.9. The molecule has 2 rings (SSSR count). The molecule has 1 aromatic carbocycles. The summed E-state index contributed by atoms with van der Waals surface area (Å²) < 4.78 is 17.0. The third kappa shape index (κ3) is 18.3. The maximum atomic E-state index is 14.7. The van der Waals surface area contributed by atoms with Crippen LogP contribution in [0.5, 0.6) is 0 Å². The predicted molar refractivity (Wildman–Crippen MR) is 278 cm³/mol. The minimum Gasteiger partial charge on any atom is -0.467 e. The van der Waals surface area contributed by atoms with Crippen LogP contribution in [0.1, 0.15) is 100 Å². The first-order chi connectivity index (χ1) is 35.2. The largest absolute Gasteiger partial charge is 0.467 e. The molecule has 0 radical (unpaired) electrons. The van der Waals surface area contributed by atoms with Crippen LogP contribution in [0, 0.1) is 36.0 Å². The molecular weight excluding hydrogens is 971 g/mol. The van der Waals surface area contributed by atoms with Gasteiger partial charge in [-0.3, -0.25) is 43.2 Å². The molecule has 12 atom stereocenters. The minimum atomic E-state index is -1.59. The van der Waals surface area contributed by atoms with E-state index in [2.05, 4.69) is 31.9 Å². The van der Waals surface area contributed by atoms with Gasteiger partial charge < -0.3 is 60.8 Å². The van der Waals surface area contributed by atoms with Gasteiger partial charge in [0.05, 0.1) is 43.7 Å². The number of terminal acetylenes is 1. The van der Waals surface area contributed by atoms with Gasteiger partial charge in [-0.2, -0.15) is 0 Å². The lowest BCUT2D eigenvalue weighted by atomic mass is 9.89. The Labute approximate surface area is 442 Å².